The van der Waals surface area contributed by atoms with E-state index in [0.717, 1.165) is 13.0 Å². The molecule has 0 spiro atoms. The Balaban J connectivity index is 1.28. The van der Waals surface area contributed by atoms with Gasteiger partial charge in [0.1, 0.15) is 17.5 Å². The van der Waals surface area contributed by atoms with E-state index in [1.54, 1.807) is 54.5 Å². The van der Waals surface area contributed by atoms with Crippen molar-refractivity contribution in [1.29, 1.82) is 0 Å². The summed E-state index contributed by atoms with van der Waals surface area (Å²) in [6, 6.07) is 13.3. The van der Waals surface area contributed by atoms with Gasteiger partial charge in [0.25, 0.3) is 5.91 Å². The minimum Gasteiger partial charge on any atom is -0.350 e. The van der Waals surface area contributed by atoms with E-state index in [9.17, 15) is 9.18 Å². The zero-order chi connectivity index (χ0) is 24.1. The van der Waals surface area contributed by atoms with Crippen molar-refractivity contribution in [2.45, 2.75) is 19.4 Å². The Labute approximate surface area is 201 Å². The van der Waals surface area contributed by atoms with E-state index in [1.165, 1.54) is 12.1 Å². The molecule has 0 radical (unpaired) electrons. The molecule has 2 aliphatic rings. The molecule has 2 saturated heterocycles. The topological polar surface area (TPSA) is 62.2 Å². The number of hydrogen-bond donors (Lipinski definition) is 0. The molecule has 4 heterocycles. The first kappa shape index (κ1) is 21.6. The Hall–Kier alpha value is -3.94. The minimum absolute atomic E-state index is 0.0700. The number of benzene rings is 2. The highest BCUT2D eigenvalue weighted by molar-refractivity contribution is 6.01. The Bertz CT molecular complexity index is 1440. The zero-order valence-corrected chi connectivity index (χ0v) is 19.2. The highest BCUT2D eigenvalue weighted by Gasteiger charge is 2.45. The second kappa shape index (κ2) is 8.37. The normalized spacial score (nSPS) is 19.4. The number of rotatable bonds is 3. The SMILES string of the molecule is Cc1ccc(-c2ccccn2)c(C(=O)N2CCC3CN(c4cnc5cc(F)ccc5n4)[C@@H]3C2)c1F. The number of likely N-dealkylation sites (tertiary alicyclic amines) is 1. The summed E-state index contributed by atoms with van der Waals surface area (Å²) in [6.45, 7) is 3.54. The second-order valence-electron chi connectivity index (χ2n) is 9.21. The number of anilines is 1. The molecule has 4 aromatic rings. The van der Waals surface area contributed by atoms with Gasteiger partial charge in [0.05, 0.1) is 34.5 Å². The smallest absolute Gasteiger partial charge is 0.257 e. The Kier molecular flexibility index (Phi) is 5.16. The molecule has 2 aromatic carbocycles. The number of carbonyl (C=O) groups excluding carboxylic acids is 1. The molecule has 0 saturated carbocycles. The van der Waals surface area contributed by atoms with Crippen LogP contribution in [0.5, 0.6) is 0 Å². The summed E-state index contributed by atoms with van der Waals surface area (Å²) in [5.41, 5.74) is 2.69. The van der Waals surface area contributed by atoms with Gasteiger partial charge in [-0.05, 0) is 43.2 Å². The lowest BCUT2D eigenvalue weighted by Crippen LogP contribution is -2.65. The van der Waals surface area contributed by atoms with Gasteiger partial charge < -0.3 is 9.80 Å². The van der Waals surface area contributed by atoms with Crippen molar-refractivity contribution < 1.29 is 13.6 Å². The first-order valence-electron chi connectivity index (χ1n) is 11.7. The third-order valence-corrected chi connectivity index (χ3v) is 7.12. The molecule has 8 heteroatoms. The quantitative estimate of drug-likeness (QED) is 0.436. The molecule has 1 unspecified atom stereocenters. The minimum atomic E-state index is -0.502. The Morgan fingerprint density at radius 1 is 1.03 bits per heavy atom. The van der Waals surface area contributed by atoms with Gasteiger partial charge in [0.15, 0.2) is 0 Å². The summed E-state index contributed by atoms with van der Waals surface area (Å²) in [7, 11) is 0. The fourth-order valence-corrected chi connectivity index (χ4v) is 5.14. The summed E-state index contributed by atoms with van der Waals surface area (Å²) < 4.78 is 28.8. The number of piperidine rings is 1. The van der Waals surface area contributed by atoms with Crippen LogP contribution in [-0.2, 0) is 0 Å². The fraction of sp³-hybridized carbons (Fsp3) is 0.259. The number of fused-ring (bicyclic) bond motifs is 2. The van der Waals surface area contributed by atoms with Gasteiger partial charge in [-0.1, -0.05) is 18.2 Å². The van der Waals surface area contributed by atoms with Crippen molar-refractivity contribution in [3.05, 3.63) is 83.7 Å². The first-order valence-corrected chi connectivity index (χ1v) is 11.7. The number of aryl methyl sites for hydroxylation is 1. The van der Waals surface area contributed by atoms with Gasteiger partial charge in [-0.15, -0.1) is 0 Å². The highest BCUT2D eigenvalue weighted by Crippen LogP contribution is 2.37. The average molecular weight is 472 g/mol. The first-order chi connectivity index (χ1) is 17.0. The third kappa shape index (κ3) is 3.69. The predicted molar refractivity (Wildman–Crippen MR) is 129 cm³/mol. The van der Waals surface area contributed by atoms with Crippen molar-refractivity contribution >= 4 is 22.8 Å². The van der Waals surface area contributed by atoms with E-state index in [4.69, 9.17) is 0 Å². The number of amides is 1. The zero-order valence-electron chi connectivity index (χ0n) is 19.2. The molecule has 2 aliphatic heterocycles. The number of nitrogens with zero attached hydrogens (tertiary/aromatic N) is 5. The number of pyridine rings is 1. The van der Waals surface area contributed by atoms with Crippen LogP contribution >= 0.6 is 0 Å². The number of halogens is 2. The van der Waals surface area contributed by atoms with E-state index in [1.807, 2.05) is 6.07 Å². The molecule has 2 atom stereocenters. The maximum atomic E-state index is 15.3. The van der Waals surface area contributed by atoms with Crippen molar-refractivity contribution in [3.8, 4) is 11.3 Å². The van der Waals surface area contributed by atoms with Gasteiger partial charge in [-0.25, -0.2) is 13.8 Å². The number of hydrogen-bond acceptors (Lipinski definition) is 5. The van der Waals surface area contributed by atoms with E-state index in [-0.39, 0.29) is 23.3 Å². The van der Waals surface area contributed by atoms with Crippen LogP contribution in [0.1, 0.15) is 22.3 Å². The molecule has 2 aromatic heterocycles. The summed E-state index contributed by atoms with van der Waals surface area (Å²) in [5, 5.41) is 0. The van der Waals surface area contributed by atoms with Crippen molar-refractivity contribution in [2.75, 3.05) is 24.5 Å². The molecule has 176 valence electrons. The van der Waals surface area contributed by atoms with Crippen LogP contribution in [0.4, 0.5) is 14.6 Å². The summed E-state index contributed by atoms with van der Waals surface area (Å²) in [5.74, 6) is -0.0352. The maximum absolute atomic E-state index is 15.3. The standard InChI is InChI=1S/C27H23F2N5O/c1-16-5-7-19(20-4-2-3-10-30-20)25(26(16)29)27(35)33-11-9-17-14-34(23(17)15-33)24-13-31-22-12-18(28)6-8-21(22)32-24/h2-8,10,12-13,17,23H,9,11,14-15H2,1H3/t17?,23-/m1/s1. The molecule has 2 fully saturated rings. The van der Waals surface area contributed by atoms with Crippen LogP contribution < -0.4 is 4.90 Å². The largest absolute Gasteiger partial charge is 0.350 e. The van der Waals surface area contributed by atoms with E-state index < -0.39 is 5.82 Å². The number of aromatic nitrogens is 3. The monoisotopic (exact) mass is 471 g/mol. The lowest BCUT2D eigenvalue weighted by molar-refractivity contribution is 0.0587. The van der Waals surface area contributed by atoms with Crippen LogP contribution in [0, 0.1) is 24.5 Å². The molecular formula is C27H23F2N5O. The molecule has 1 amide bonds. The third-order valence-electron chi connectivity index (χ3n) is 7.12. The lowest BCUT2D eigenvalue weighted by atomic mass is 9.82. The summed E-state index contributed by atoms with van der Waals surface area (Å²) >= 11 is 0. The van der Waals surface area contributed by atoms with Crippen molar-refractivity contribution in [1.82, 2.24) is 19.9 Å². The Morgan fingerprint density at radius 3 is 2.74 bits per heavy atom. The highest BCUT2D eigenvalue weighted by atomic mass is 19.1. The summed E-state index contributed by atoms with van der Waals surface area (Å²) in [6.07, 6.45) is 4.13. The van der Waals surface area contributed by atoms with Crippen LogP contribution in [0.3, 0.4) is 0 Å². The lowest BCUT2D eigenvalue weighted by Gasteiger charge is -2.54. The van der Waals surface area contributed by atoms with E-state index in [2.05, 4.69) is 19.9 Å². The van der Waals surface area contributed by atoms with Crippen LogP contribution in [0.15, 0.2) is 60.9 Å². The fourth-order valence-electron chi connectivity index (χ4n) is 5.14. The van der Waals surface area contributed by atoms with E-state index in [0.29, 0.717) is 52.7 Å². The van der Waals surface area contributed by atoms with Crippen LogP contribution in [0.25, 0.3) is 22.3 Å². The Morgan fingerprint density at radius 2 is 1.91 bits per heavy atom. The molecule has 6 rings (SSSR count). The van der Waals surface area contributed by atoms with Crippen LogP contribution in [0.2, 0.25) is 0 Å². The van der Waals surface area contributed by atoms with Crippen LogP contribution in [-0.4, -0.2) is 51.4 Å². The van der Waals surface area contributed by atoms with Crippen molar-refractivity contribution in [2.24, 2.45) is 5.92 Å². The molecule has 0 bridgehead atoms. The average Bonchev–Trinajstić information content (AvgIpc) is 2.86. The van der Waals surface area contributed by atoms with E-state index >= 15 is 4.39 Å². The van der Waals surface area contributed by atoms with Gasteiger partial charge in [0, 0.05) is 43.4 Å². The predicted octanol–water partition coefficient (Wildman–Crippen LogP) is 4.63. The maximum Gasteiger partial charge on any atom is 0.257 e. The second-order valence-corrected chi connectivity index (χ2v) is 9.21. The van der Waals surface area contributed by atoms with Gasteiger partial charge in [0.2, 0.25) is 0 Å². The van der Waals surface area contributed by atoms with Crippen molar-refractivity contribution in [3.63, 3.8) is 0 Å². The molecule has 6 nitrogen and oxygen atoms in total. The number of carbonyl (C=O) groups is 1. The molecule has 35 heavy (non-hydrogen) atoms. The van der Waals surface area contributed by atoms with Gasteiger partial charge in [-0.3, -0.25) is 14.8 Å². The molecule has 0 aliphatic carbocycles. The molecule has 0 N–H and O–H groups in total. The summed E-state index contributed by atoms with van der Waals surface area (Å²) in [4.78, 5) is 30.9. The van der Waals surface area contributed by atoms with Gasteiger partial charge in [-0.2, -0.15) is 0 Å². The van der Waals surface area contributed by atoms with Gasteiger partial charge >= 0.3 is 0 Å². The molecular weight excluding hydrogens is 448 g/mol.